The summed E-state index contributed by atoms with van der Waals surface area (Å²) in [5, 5.41) is 3.37. The summed E-state index contributed by atoms with van der Waals surface area (Å²) in [4.78, 5) is 2.48. The van der Waals surface area contributed by atoms with Crippen LogP contribution in [-0.2, 0) is 4.74 Å². The van der Waals surface area contributed by atoms with E-state index in [1.807, 2.05) is 0 Å². The zero-order valence-corrected chi connectivity index (χ0v) is 9.50. The molecule has 0 saturated carbocycles. The van der Waals surface area contributed by atoms with E-state index in [-0.39, 0.29) is 0 Å². The maximum atomic E-state index is 5.62. The molecule has 0 spiro atoms. The first kappa shape index (κ1) is 11.1. The second-order valence-corrected chi connectivity index (χ2v) is 4.62. The van der Waals surface area contributed by atoms with Crippen molar-refractivity contribution in [3.8, 4) is 0 Å². The topological polar surface area (TPSA) is 24.5 Å². The Morgan fingerprint density at radius 2 is 2.20 bits per heavy atom. The van der Waals surface area contributed by atoms with Crippen LogP contribution < -0.4 is 5.32 Å². The molecule has 1 N–H and O–H groups in total. The molecule has 2 aliphatic heterocycles. The number of piperazine rings is 1. The molecule has 2 saturated heterocycles. The van der Waals surface area contributed by atoms with Crippen LogP contribution in [0.1, 0.15) is 19.3 Å². The third kappa shape index (κ3) is 3.59. The molecule has 15 heavy (non-hydrogen) atoms. The molecule has 3 heteroatoms. The van der Waals surface area contributed by atoms with E-state index in [9.17, 15) is 0 Å². The van der Waals surface area contributed by atoms with Crippen molar-refractivity contribution in [2.45, 2.75) is 25.4 Å². The van der Waals surface area contributed by atoms with Crippen LogP contribution in [0.3, 0.4) is 0 Å². The van der Waals surface area contributed by atoms with Crippen LogP contribution in [0.4, 0.5) is 0 Å². The molecule has 0 aromatic rings. The first-order valence-corrected chi connectivity index (χ1v) is 6.06. The number of hydrogen-bond acceptors (Lipinski definition) is 3. The summed E-state index contributed by atoms with van der Waals surface area (Å²) in [5.74, 6) is 0. The van der Waals surface area contributed by atoms with E-state index in [0.717, 1.165) is 45.8 Å². The van der Waals surface area contributed by atoms with Crippen LogP contribution in [-0.4, -0.2) is 50.3 Å². The average molecular weight is 210 g/mol. The van der Waals surface area contributed by atoms with Crippen molar-refractivity contribution >= 4 is 0 Å². The highest BCUT2D eigenvalue weighted by atomic mass is 16.5. The first-order valence-electron chi connectivity index (χ1n) is 6.06. The highest BCUT2D eigenvalue weighted by molar-refractivity contribution is 5.00. The van der Waals surface area contributed by atoms with Crippen LogP contribution in [0.15, 0.2) is 12.2 Å². The molecule has 0 aromatic carbocycles. The van der Waals surface area contributed by atoms with Crippen molar-refractivity contribution in [3.63, 3.8) is 0 Å². The lowest BCUT2D eigenvalue weighted by atomic mass is 10.1. The van der Waals surface area contributed by atoms with Crippen molar-refractivity contribution in [1.29, 1.82) is 0 Å². The highest BCUT2D eigenvalue weighted by Gasteiger charge is 2.18. The van der Waals surface area contributed by atoms with Crippen molar-refractivity contribution in [3.05, 3.63) is 12.2 Å². The largest absolute Gasteiger partial charge is 0.378 e. The molecule has 0 aromatic heterocycles. The predicted octanol–water partition coefficient (Wildman–Crippen LogP) is 1.02. The minimum Gasteiger partial charge on any atom is -0.378 e. The predicted molar refractivity (Wildman–Crippen MR) is 62.0 cm³/mol. The number of hydrogen-bond donors (Lipinski definition) is 1. The van der Waals surface area contributed by atoms with E-state index in [0.29, 0.717) is 6.10 Å². The quantitative estimate of drug-likeness (QED) is 0.701. The molecule has 3 nitrogen and oxygen atoms in total. The van der Waals surface area contributed by atoms with Crippen LogP contribution in [0, 0.1) is 0 Å². The van der Waals surface area contributed by atoms with Crippen molar-refractivity contribution in [2.24, 2.45) is 0 Å². The summed E-state index contributed by atoms with van der Waals surface area (Å²) in [6.45, 7) is 10.7. The van der Waals surface area contributed by atoms with E-state index < -0.39 is 0 Å². The molecule has 1 unspecified atom stereocenters. The SMILES string of the molecule is C=C(CC1CCCO1)CN1CCNCC1. The Bertz CT molecular complexity index is 206. The van der Waals surface area contributed by atoms with E-state index in [4.69, 9.17) is 4.74 Å². The van der Waals surface area contributed by atoms with Gasteiger partial charge in [-0.05, 0) is 19.3 Å². The molecule has 0 radical (unpaired) electrons. The minimum atomic E-state index is 0.459. The van der Waals surface area contributed by atoms with Gasteiger partial charge in [0.05, 0.1) is 6.10 Å². The van der Waals surface area contributed by atoms with Gasteiger partial charge in [-0.2, -0.15) is 0 Å². The van der Waals surface area contributed by atoms with Gasteiger partial charge in [0.2, 0.25) is 0 Å². The van der Waals surface area contributed by atoms with Gasteiger partial charge in [-0.1, -0.05) is 12.2 Å². The Morgan fingerprint density at radius 3 is 2.87 bits per heavy atom. The molecular weight excluding hydrogens is 188 g/mol. The molecule has 2 aliphatic rings. The zero-order chi connectivity index (χ0) is 10.5. The fraction of sp³-hybridized carbons (Fsp3) is 0.833. The summed E-state index contributed by atoms with van der Waals surface area (Å²) in [6, 6.07) is 0. The molecule has 2 heterocycles. The second kappa shape index (κ2) is 5.64. The van der Waals surface area contributed by atoms with Gasteiger partial charge >= 0.3 is 0 Å². The Kier molecular flexibility index (Phi) is 4.18. The summed E-state index contributed by atoms with van der Waals surface area (Å²) in [7, 11) is 0. The molecule has 0 amide bonds. The molecular formula is C12H22N2O. The normalized spacial score (nSPS) is 28.1. The summed E-state index contributed by atoms with van der Waals surface area (Å²) in [6.07, 6.45) is 3.97. The van der Waals surface area contributed by atoms with Gasteiger partial charge in [-0.3, -0.25) is 4.90 Å². The maximum absolute atomic E-state index is 5.62. The molecule has 2 rings (SSSR count). The van der Waals surface area contributed by atoms with Crippen LogP contribution in [0.25, 0.3) is 0 Å². The van der Waals surface area contributed by atoms with Crippen LogP contribution in [0.2, 0.25) is 0 Å². The molecule has 0 aliphatic carbocycles. The Balaban J connectivity index is 1.66. The monoisotopic (exact) mass is 210 g/mol. The Hall–Kier alpha value is -0.380. The van der Waals surface area contributed by atoms with Crippen LogP contribution >= 0.6 is 0 Å². The van der Waals surface area contributed by atoms with Crippen LogP contribution in [0.5, 0.6) is 0 Å². The van der Waals surface area contributed by atoms with E-state index in [1.54, 1.807) is 0 Å². The average Bonchev–Trinajstić information content (AvgIpc) is 2.71. The van der Waals surface area contributed by atoms with Gasteiger partial charge in [0, 0.05) is 39.3 Å². The van der Waals surface area contributed by atoms with Gasteiger partial charge in [0.15, 0.2) is 0 Å². The number of nitrogens with one attached hydrogen (secondary N) is 1. The van der Waals surface area contributed by atoms with E-state index in [2.05, 4.69) is 16.8 Å². The molecule has 0 bridgehead atoms. The van der Waals surface area contributed by atoms with E-state index >= 15 is 0 Å². The lowest BCUT2D eigenvalue weighted by molar-refractivity contribution is 0.109. The van der Waals surface area contributed by atoms with Gasteiger partial charge in [0.25, 0.3) is 0 Å². The van der Waals surface area contributed by atoms with Gasteiger partial charge in [0.1, 0.15) is 0 Å². The maximum Gasteiger partial charge on any atom is 0.0613 e. The Morgan fingerprint density at radius 1 is 1.40 bits per heavy atom. The molecule has 86 valence electrons. The van der Waals surface area contributed by atoms with Crippen molar-refractivity contribution in [1.82, 2.24) is 10.2 Å². The molecule has 2 fully saturated rings. The highest BCUT2D eigenvalue weighted by Crippen LogP contribution is 2.19. The summed E-state index contributed by atoms with van der Waals surface area (Å²) < 4.78 is 5.62. The smallest absolute Gasteiger partial charge is 0.0613 e. The van der Waals surface area contributed by atoms with Crippen molar-refractivity contribution in [2.75, 3.05) is 39.3 Å². The lowest BCUT2D eigenvalue weighted by Gasteiger charge is -2.28. The number of rotatable bonds is 4. The van der Waals surface area contributed by atoms with Crippen molar-refractivity contribution < 1.29 is 4.74 Å². The zero-order valence-electron chi connectivity index (χ0n) is 9.50. The summed E-state index contributed by atoms with van der Waals surface area (Å²) in [5.41, 5.74) is 1.34. The third-order valence-electron chi connectivity index (χ3n) is 3.20. The fourth-order valence-electron chi connectivity index (χ4n) is 2.38. The first-order chi connectivity index (χ1) is 7.34. The number of ether oxygens (including phenoxy) is 1. The van der Waals surface area contributed by atoms with E-state index in [1.165, 1.54) is 18.4 Å². The fourth-order valence-corrected chi connectivity index (χ4v) is 2.38. The minimum absolute atomic E-state index is 0.459. The third-order valence-corrected chi connectivity index (χ3v) is 3.20. The Labute approximate surface area is 92.5 Å². The second-order valence-electron chi connectivity index (χ2n) is 4.62. The van der Waals surface area contributed by atoms with Gasteiger partial charge in [-0.25, -0.2) is 0 Å². The van der Waals surface area contributed by atoms with Gasteiger partial charge in [-0.15, -0.1) is 0 Å². The molecule has 1 atom stereocenters. The van der Waals surface area contributed by atoms with Gasteiger partial charge < -0.3 is 10.1 Å². The number of nitrogens with zero attached hydrogens (tertiary/aromatic N) is 1. The summed E-state index contributed by atoms with van der Waals surface area (Å²) >= 11 is 0. The standard InChI is InChI=1S/C12H22N2O/c1-11(9-12-3-2-8-15-12)10-14-6-4-13-5-7-14/h12-13H,1-10H2. The lowest BCUT2D eigenvalue weighted by Crippen LogP contribution is -2.44.